The zero-order valence-corrected chi connectivity index (χ0v) is 18.1. The second-order valence-corrected chi connectivity index (χ2v) is 9.15. The van der Waals surface area contributed by atoms with Crippen LogP contribution in [0.1, 0.15) is 25.8 Å². The van der Waals surface area contributed by atoms with E-state index in [4.69, 9.17) is 9.47 Å². The second-order valence-electron chi connectivity index (χ2n) is 6.93. The minimum Gasteiger partial charge on any atom is -0.490 e. The van der Waals surface area contributed by atoms with Crippen molar-refractivity contribution in [2.24, 2.45) is 4.99 Å². The van der Waals surface area contributed by atoms with Gasteiger partial charge < -0.3 is 20.1 Å². The van der Waals surface area contributed by atoms with Crippen molar-refractivity contribution < 1.29 is 17.9 Å². The Kier molecular flexibility index (Phi) is 7.51. The Labute approximate surface area is 177 Å². The molecule has 0 spiro atoms. The minimum absolute atomic E-state index is 0.105. The number of hydrogen-bond acceptors (Lipinski definition) is 6. The number of aliphatic imine (C=N–C) groups is 1. The van der Waals surface area contributed by atoms with E-state index in [0.717, 1.165) is 5.56 Å². The Bertz CT molecular complexity index is 961. The van der Waals surface area contributed by atoms with Crippen LogP contribution in [0.4, 0.5) is 0 Å². The summed E-state index contributed by atoms with van der Waals surface area (Å²) in [5, 5.41) is 6.36. The van der Waals surface area contributed by atoms with Crippen molar-refractivity contribution in [1.29, 1.82) is 0 Å². The van der Waals surface area contributed by atoms with Crippen LogP contribution in [0.3, 0.4) is 0 Å². The number of guanidine groups is 1. The Morgan fingerprint density at radius 2 is 2.00 bits per heavy atom. The fraction of sp³-hybridized carbons (Fsp3) is 0.429. The number of hydrogen-bond donors (Lipinski definition) is 2. The maximum absolute atomic E-state index is 11.7. The van der Waals surface area contributed by atoms with Crippen LogP contribution in [-0.4, -0.2) is 50.1 Å². The van der Waals surface area contributed by atoms with Crippen LogP contribution in [0.5, 0.6) is 17.4 Å². The van der Waals surface area contributed by atoms with Gasteiger partial charge in [-0.3, -0.25) is 0 Å². The maximum atomic E-state index is 11.7. The summed E-state index contributed by atoms with van der Waals surface area (Å²) in [6, 6.07) is 11.0. The average molecular weight is 433 g/mol. The van der Waals surface area contributed by atoms with Crippen molar-refractivity contribution in [2.45, 2.75) is 32.9 Å². The number of nitrogens with zero attached hydrogens (tertiary/aromatic N) is 2. The molecule has 1 aliphatic heterocycles. The third kappa shape index (κ3) is 6.35. The molecule has 1 saturated heterocycles. The third-order valence-corrected chi connectivity index (χ3v) is 6.27. The van der Waals surface area contributed by atoms with Crippen molar-refractivity contribution in [1.82, 2.24) is 15.6 Å². The Morgan fingerprint density at radius 1 is 1.20 bits per heavy atom. The molecular formula is C21H28N4O4S. The number of benzene rings is 1. The first kappa shape index (κ1) is 21.9. The van der Waals surface area contributed by atoms with Crippen LogP contribution in [-0.2, 0) is 16.4 Å². The number of ether oxygens (including phenoxy) is 2. The standard InChI is InChI=1S/C21H28N4O4S/c1-3-22-21(25-17-11-12-30(26,27)15-17)24-14-16-9-10-20(23-13-16)29-19-8-6-5-7-18(19)28-4-2/h5-10,13,17H,3-4,11-12,14-15H2,1-2H3,(H2,22,24,25). The lowest BCUT2D eigenvalue weighted by Gasteiger charge is -2.15. The molecule has 1 unspecified atom stereocenters. The van der Waals surface area contributed by atoms with Crippen LogP contribution in [0.2, 0.25) is 0 Å². The number of pyridine rings is 1. The van der Waals surface area contributed by atoms with Crippen LogP contribution >= 0.6 is 0 Å². The fourth-order valence-electron chi connectivity index (χ4n) is 3.08. The normalized spacial score (nSPS) is 18.1. The summed E-state index contributed by atoms with van der Waals surface area (Å²) >= 11 is 0. The lowest BCUT2D eigenvalue weighted by molar-refractivity contribution is 0.319. The first-order chi connectivity index (χ1) is 14.5. The summed E-state index contributed by atoms with van der Waals surface area (Å²) in [4.78, 5) is 8.90. The molecule has 8 nitrogen and oxygen atoms in total. The number of para-hydroxylation sites is 2. The first-order valence-corrected chi connectivity index (χ1v) is 11.9. The molecule has 2 aromatic rings. The van der Waals surface area contributed by atoms with Crippen LogP contribution < -0.4 is 20.1 Å². The quantitative estimate of drug-likeness (QED) is 0.488. The van der Waals surface area contributed by atoms with Crippen LogP contribution in [0.25, 0.3) is 0 Å². The molecule has 2 heterocycles. The molecule has 162 valence electrons. The monoisotopic (exact) mass is 432 g/mol. The Morgan fingerprint density at radius 3 is 2.63 bits per heavy atom. The number of nitrogens with one attached hydrogen (secondary N) is 2. The summed E-state index contributed by atoms with van der Waals surface area (Å²) in [7, 11) is -2.94. The van der Waals surface area contributed by atoms with Gasteiger partial charge in [0.25, 0.3) is 0 Å². The summed E-state index contributed by atoms with van der Waals surface area (Å²) < 4.78 is 34.7. The van der Waals surface area contributed by atoms with Crippen LogP contribution in [0, 0.1) is 0 Å². The van der Waals surface area contributed by atoms with Gasteiger partial charge in [0.15, 0.2) is 27.3 Å². The average Bonchev–Trinajstić information content (AvgIpc) is 3.07. The van der Waals surface area contributed by atoms with Gasteiger partial charge in [-0.25, -0.2) is 18.4 Å². The molecule has 0 aliphatic carbocycles. The van der Waals surface area contributed by atoms with Gasteiger partial charge in [-0.1, -0.05) is 18.2 Å². The molecule has 1 aromatic heterocycles. The van der Waals surface area contributed by atoms with E-state index < -0.39 is 9.84 Å². The molecule has 0 saturated carbocycles. The Balaban J connectivity index is 1.61. The van der Waals surface area contributed by atoms with Crippen molar-refractivity contribution in [3.63, 3.8) is 0 Å². The van der Waals surface area contributed by atoms with Gasteiger partial charge in [0.2, 0.25) is 5.88 Å². The predicted octanol–water partition coefficient (Wildman–Crippen LogP) is 2.51. The van der Waals surface area contributed by atoms with Gasteiger partial charge >= 0.3 is 0 Å². The molecule has 30 heavy (non-hydrogen) atoms. The Hall–Kier alpha value is -2.81. The van der Waals surface area contributed by atoms with Gasteiger partial charge in [0, 0.05) is 24.8 Å². The fourth-order valence-corrected chi connectivity index (χ4v) is 4.75. The smallest absolute Gasteiger partial charge is 0.219 e. The van der Waals surface area contributed by atoms with E-state index in [1.165, 1.54) is 0 Å². The largest absolute Gasteiger partial charge is 0.490 e. The molecule has 0 radical (unpaired) electrons. The second kappa shape index (κ2) is 10.3. The van der Waals surface area contributed by atoms with Gasteiger partial charge in [-0.2, -0.15) is 0 Å². The summed E-state index contributed by atoms with van der Waals surface area (Å²) in [6.45, 7) is 5.55. The number of rotatable bonds is 8. The lowest BCUT2D eigenvalue weighted by Crippen LogP contribution is -2.44. The van der Waals surface area contributed by atoms with Crippen molar-refractivity contribution in [3.8, 4) is 17.4 Å². The lowest BCUT2D eigenvalue weighted by atomic mass is 10.2. The van der Waals surface area contributed by atoms with E-state index in [2.05, 4.69) is 20.6 Å². The molecule has 1 aliphatic rings. The summed E-state index contributed by atoms with van der Waals surface area (Å²) in [6.07, 6.45) is 2.31. The SMILES string of the molecule is CCNC(=NCc1ccc(Oc2ccccc2OCC)nc1)NC1CCS(=O)(=O)C1. The van der Waals surface area contributed by atoms with E-state index in [1.54, 1.807) is 12.3 Å². The molecule has 2 N–H and O–H groups in total. The van der Waals surface area contributed by atoms with Gasteiger partial charge in [0.05, 0.1) is 24.7 Å². The van der Waals surface area contributed by atoms with Crippen LogP contribution in [0.15, 0.2) is 47.6 Å². The number of aromatic nitrogens is 1. The molecule has 3 rings (SSSR count). The minimum atomic E-state index is -2.94. The molecule has 1 fully saturated rings. The molecular weight excluding hydrogens is 404 g/mol. The molecule has 1 atom stereocenters. The van der Waals surface area contributed by atoms with E-state index in [0.29, 0.717) is 49.5 Å². The van der Waals surface area contributed by atoms with Crippen molar-refractivity contribution >= 4 is 15.8 Å². The number of sulfone groups is 1. The molecule has 0 amide bonds. The van der Waals surface area contributed by atoms with E-state index in [9.17, 15) is 8.42 Å². The summed E-state index contributed by atoms with van der Waals surface area (Å²) in [5.41, 5.74) is 0.914. The first-order valence-electron chi connectivity index (χ1n) is 10.1. The zero-order chi connectivity index (χ0) is 21.4. The maximum Gasteiger partial charge on any atom is 0.219 e. The predicted molar refractivity (Wildman–Crippen MR) is 117 cm³/mol. The summed E-state index contributed by atoms with van der Waals surface area (Å²) in [5.74, 6) is 2.73. The van der Waals surface area contributed by atoms with Gasteiger partial charge in [0.1, 0.15) is 0 Å². The van der Waals surface area contributed by atoms with E-state index in [1.807, 2.05) is 44.2 Å². The van der Waals surface area contributed by atoms with Crippen molar-refractivity contribution in [2.75, 3.05) is 24.7 Å². The van der Waals surface area contributed by atoms with E-state index >= 15 is 0 Å². The highest BCUT2D eigenvalue weighted by Crippen LogP contribution is 2.30. The third-order valence-electron chi connectivity index (χ3n) is 4.50. The van der Waals surface area contributed by atoms with Crippen molar-refractivity contribution in [3.05, 3.63) is 48.2 Å². The topological polar surface area (TPSA) is 102 Å². The molecule has 9 heteroatoms. The zero-order valence-electron chi connectivity index (χ0n) is 17.3. The van der Waals surface area contributed by atoms with E-state index in [-0.39, 0.29) is 17.5 Å². The highest BCUT2D eigenvalue weighted by atomic mass is 32.2. The molecule has 0 bridgehead atoms. The van der Waals surface area contributed by atoms with Gasteiger partial charge in [-0.15, -0.1) is 0 Å². The highest BCUT2D eigenvalue weighted by Gasteiger charge is 2.28. The highest BCUT2D eigenvalue weighted by molar-refractivity contribution is 7.91. The molecule has 1 aromatic carbocycles. The van der Waals surface area contributed by atoms with Gasteiger partial charge in [-0.05, 0) is 38.0 Å².